The van der Waals surface area contributed by atoms with E-state index in [1.165, 1.54) is 11.3 Å². The Morgan fingerprint density at radius 2 is 2.14 bits per heavy atom. The van der Waals surface area contributed by atoms with Crippen LogP contribution >= 0.6 is 11.3 Å². The second kappa shape index (κ2) is 3.55. The van der Waals surface area contributed by atoms with Crippen LogP contribution in [0.15, 0.2) is 23.7 Å². The fraction of sp³-hybridized carbons (Fsp3) is 0. The summed E-state index contributed by atoms with van der Waals surface area (Å²) in [6, 6.07) is 1.93. The predicted octanol–water partition coefficient (Wildman–Crippen LogP) is 1.30. The SMILES string of the molecule is NN=C(N)c1cc2c(s1)C=COC=C2. The summed E-state index contributed by atoms with van der Waals surface area (Å²) in [6.07, 6.45) is 7.00. The summed E-state index contributed by atoms with van der Waals surface area (Å²) in [5.41, 5.74) is 6.66. The maximum absolute atomic E-state index is 5.60. The van der Waals surface area contributed by atoms with Gasteiger partial charge < -0.3 is 16.3 Å². The Kier molecular flexibility index (Phi) is 2.24. The molecule has 2 heterocycles. The van der Waals surface area contributed by atoms with E-state index >= 15 is 0 Å². The van der Waals surface area contributed by atoms with E-state index in [4.69, 9.17) is 16.3 Å². The molecule has 72 valence electrons. The van der Waals surface area contributed by atoms with Crippen LogP contribution < -0.4 is 11.6 Å². The van der Waals surface area contributed by atoms with E-state index in [0.717, 1.165) is 15.3 Å². The van der Waals surface area contributed by atoms with Crippen LogP contribution in [0, 0.1) is 0 Å². The molecule has 0 fully saturated rings. The van der Waals surface area contributed by atoms with Crippen molar-refractivity contribution in [1.82, 2.24) is 0 Å². The van der Waals surface area contributed by atoms with Gasteiger partial charge in [0.05, 0.1) is 17.4 Å². The number of hydrazone groups is 1. The van der Waals surface area contributed by atoms with Gasteiger partial charge in [-0.1, -0.05) is 0 Å². The van der Waals surface area contributed by atoms with Crippen LogP contribution in [0.2, 0.25) is 0 Å². The maximum Gasteiger partial charge on any atom is 0.160 e. The van der Waals surface area contributed by atoms with Gasteiger partial charge in [-0.15, -0.1) is 11.3 Å². The summed E-state index contributed by atoms with van der Waals surface area (Å²) >= 11 is 1.53. The Labute approximate surface area is 85.2 Å². The van der Waals surface area contributed by atoms with Gasteiger partial charge in [0.2, 0.25) is 0 Å². The molecule has 0 unspecified atom stereocenters. The molecule has 4 N–H and O–H groups in total. The fourth-order valence-electron chi connectivity index (χ4n) is 1.13. The van der Waals surface area contributed by atoms with Gasteiger partial charge in [0.1, 0.15) is 0 Å². The lowest BCUT2D eigenvalue weighted by Crippen LogP contribution is -2.13. The van der Waals surface area contributed by atoms with Gasteiger partial charge in [-0.2, -0.15) is 5.10 Å². The minimum absolute atomic E-state index is 0.353. The summed E-state index contributed by atoms with van der Waals surface area (Å²) in [4.78, 5) is 1.95. The summed E-state index contributed by atoms with van der Waals surface area (Å²) in [6.45, 7) is 0. The van der Waals surface area contributed by atoms with Crippen LogP contribution in [-0.4, -0.2) is 5.84 Å². The first-order chi connectivity index (χ1) is 6.81. The van der Waals surface area contributed by atoms with Crippen molar-refractivity contribution >= 4 is 29.3 Å². The molecule has 0 aromatic carbocycles. The van der Waals surface area contributed by atoms with Crippen molar-refractivity contribution in [1.29, 1.82) is 0 Å². The van der Waals surface area contributed by atoms with Crippen LogP contribution in [0.5, 0.6) is 0 Å². The van der Waals surface area contributed by atoms with Crippen LogP contribution in [0.3, 0.4) is 0 Å². The average Bonchev–Trinajstić information content (AvgIpc) is 2.49. The van der Waals surface area contributed by atoms with Crippen molar-refractivity contribution in [3.05, 3.63) is 33.9 Å². The monoisotopic (exact) mass is 207 g/mol. The summed E-state index contributed by atoms with van der Waals surface area (Å²) in [5.74, 6) is 5.45. The highest BCUT2D eigenvalue weighted by Crippen LogP contribution is 2.26. The van der Waals surface area contributed by atoms with E-state index in [9.17, 15) is 0 Å². The molecule has 2 rings (SSSR count). The molecule has 0 spiro atoms. The third-order valence-corrected chi connectivity index (χ3v) is 2.95. The Morgan fingerprint density at radius 3 is 2.93 bits per heavy atom. The lowest BCUT2D eigenvalue weighted by Gasteiger charge is -1.90. The van der Waals surface area contributed by atoms with E-state index in [1.54, 1.807) is 12.5 Å². The normalized spacial score (nSPS) is 14.7. The molecule has 0 bridgehead atoms. The van der Waals surface area contributed by atoms with E-state index in [1.807, 2.05) is 18.2 Å². The van der Waals surface area contributed by atoms with Gasteiger partial charge in [-0.25, -0.2) is 0 Å². The van der Waals surface area contributed by atoms with E-state index in [-0.39, 0.29) is 0 Å². The number of thiophene rings is 1. The number of amidine groups is 1. The fourth-order valence-corrected chi connectivity index (χ4v) is 2.08. The van der Waals surface area contributed by atoms with Gasteiger partial charge in [0, 0.05) is 4.88 Å². The standard InChI is InChI=1S/C9H9N3OS/c10-9(12-11)8-5-6-1-3-13-4-2-7(6)14-8/h1-5H,11H2,(H2,10,12). The lowest BCUT2D eigenvalue weighted by atomic mass is 10.2. The predicted molar refractivity (Wildman–Crippen MR) is 58.4 cm³/mol. The van der Waals surface area contributed by atoms with Crippen molar-refractivity contribution < 1.29 is 4.74 Å². The van der Waals surface area contributed by atoms with Crippen LogP contribution in [-0.2, 0) is 4.74 Å². The molecule has 1 aromatic heterocycles. The van der Waals surface area contributed by atoms with Gasteiger partial charge >= 0.3 is 0 Å². The molecule has 1 aliphatic heterocycles. The third-order valence-electron chi connectivity index (χ3n) is 1.81. The molecule has 0 aliphatic carbocycles. The smallest absolute Gasteiger partial charge is 0.160 e. The number of rotatable bonds is 1. The molecule has 0 saturated carbocycles. The van der Waals surface area contributed by atoms with Crippen LogP contribution in [0.1, 0.15) is 15.3 Å². The number of nitrogens with zero attached hydrogens (tertiary/aromatic N) is 1. The topological polar surface area (TPSA) is 73.6 Å². The molecule has 0 amide bonds. The van der Waals surface area contributed by atoms with Gasteiger partial charge in [0.25, 0.3) is 0 Å². The molecule has 0 atom stereocenters. The highest BCUT2D eigenvalue weighted by atomic mass is 32.1. The molecule has 14 heavy (non-hydrogen) atoms. The molecule has 4 nitrogen and oxygen atoms in total. The second-order valence-electron chi connectivity index (χ2n) is 2.69. The molecule has 1 aliphatic rings. The lowest BCUT2D eigenvalue weighted by molar-refractivity contribution is 0.411. The average molecular weight is 207 g/mol. The van der Waals surface area contributed by atoms with Crippen LogP contribution in [0.4, 0.5) is 0 Å². The first-order valence-corrected chi connectivity index (χ1v) is 4.79. The molecule has 0 saturated heterocycles. The van der Waals surface area contributed by atoms with Crippen molar-refractivity contribution in [2.45, 2.75) is 0 Å². The molecule has 1 aromatic rings. The number of hydrogen-bond donors (Lipinski definition) is 2. The van der Waals surface area contributed by atoms with E-state index in [2.05, 4.69) is 5.10 Å². The first-order valence-electron chi connectivity index (χ1n) is 3.97. The minimum atomic E-state index is 0.353. The first kappa shape index (κ1) is 8.83. The zero-order valence-electron chi connectivity index (χ0n) is 7.31. The minimum Gasteiger partial charge on any atom is -0.473 e. The highest BCUT2D eigenvalue weighted by molar-refractivity contribution is 7.15. The number of hydrogen-bond acceptors (Lipinski definition) is 4. The molecule has 5 heteroatoms. The Morgan fingerprint density at radius 1 is 1.36 bits per heavy atom. The summed E-state index contributed by atoms with van der Waals surface area (Å²) in [5, 5.41) is 3.45. The number of fused-ring (bicyclic) bond motifs is 1. The Bertz CT molecular complexity index is 402. The van der Waals surface area contributed by atoms with Crippen LogP contribution in [0.25, 0.3) is 12.2 Å². The molecule has 0 radical (unpaired) electrons. The Balaban J connectivity index is 2.47. The van der Waals surface area contributed by atoms with Gasteiger partial charge in [-0.05, 0) is 23.8 Å². The summed E-state index contributed by atoms with van der Waals surface area (Å²) < 4.78 is 5.02. The maximum atomic E-state index is 5.60. The van der Waals surface area contributed by atoms with Crippen molar-refractivity contribution in [2.24, 2.45) is 16.7 Å². The number of nitrogens with two attached hydrogens (primary N) is 2. The van der Waals surface area contributed by atoms with Crippen molar-refractivity contribution in [2.75, 3.05) is 0 Å². The van der Waals surface area contributed by atoms with Crippen molar-refractivity contribution in [3.63, 3.8) is 0 Å². The zero-order valence-corrected chi connectivity index (χ0v) is 8.12. The van der Waals surface area contributed by atoms with Crippen molar-refractivity contribution in [3.8, 4) is 0 Å². The third kappa shape index (κ3) is 1.49. The van der Waals surface area contributed by atoms with E-state index < -0.39 is 0 Å². The molecular formula is C9H9N3OS. The zero-order chi connectivity index (χ0) is 9.97. The number of ether oxygens (including phenoxy) is 1. The largest absolute Gasteiger partial charge is 0.473 e. The molecular weight excluding hydrogens is 198 g/mol. The Hall–Kier alpha value is -1.75. The van der Waals surface area contributed by atoms with Gasteiger partial charge in [-0.3, -0.25) is 0 Å². The quantitative estimate of drug-likeness (QED) is 0.315. The van der Waals surface area contributed by atoms with Gasteiger partial charge in [0.15, 0.2) is 5.84 Å². The highest BCUT2D eigenvalue weighted by Gasteiger charge is 2.08. The second-order valence-corrected chi connectivity index (χ2v) is 3.77. The summed E-state index contributed by atoms with van der Waals surface area (Å²) in [7, 11) is 0. The van der Waals surface area contributed by atoms with E-state index in [0.29, 0.717) is 5.84 Å².